The van der Waals surface area contributed by atoms with Gasteiger partial charge < -0.3 is 21.3 Å². The van der Waals surface area contributed by atoms with E-state index in [1.165, 1.54) is 6.07 Å². The number of para-hydroxylation sites is 1. The molecule has 110 valence electrons. The van der Waals surface area contributed by atoms with E-state index in [2.05, 4.69) is 4.74 Å². The number of hydrogen-bond donors (Lipinski definition) is 3. The van der Waals surface area contributed by atoms with Gasteiger partial charge in [0.2, 0.25) is 0 Å². The van der Waals surface area contributed by atoms with Gasteiger partial charge in [0.05, 0.1) is 0 Å². The van der Waals surface area contributed by atoms with Crippen molar-refractivity contribution in [3.8, 4) is 5.75 Å². The molecule has 0 aromatic heterocycles. The van der Waals surface area contributed by atoms with Crippen LogP contribution in [0, 0.1) is 0 Å². The van der Waals surface area contributed by atoms with Gasteiger partial charge in [-0.25, -0.2) is 4.79 Å². The number of aromatic hydroxyl groups is 1. The number of phenolic OH excluding ortho intramolecular Hbond substituents is 1. The number of carbonyl (C=O) groups is 2. The van der Waals surface area contributed by atoms with E-state index in [1.807, 2.05) is 0 Å². The smallest absolute Gasteiger partial charge is 0.349 e. The summed E-state index contributed by atoms with van der Waals surface area (Å²) in [5.74, 6) is -1.71. The fraction of sp³-hybridized carbons (Fsp3) is 0.429. The molecule has 0 saturated heterocycles. The Hall–Kier alpha value is -1.92. The Kier molecular flexibility index (Phi) is 6.69. The van der Waals surface area contributed by atoms with Crippen LogP contribution in [0.3, 0.4) is 0 Å². The number of benzene rings is 1. The SMILES string of the molecule is NCCCCCC(=O)OC(=O)c1cccc(CN)c1O. The molecular formula is C14H20N2O4. The van der Waals surface area contributed by atoms with Gasteiger partial charge >= 0.3 is 11.9 Å². The quantitative estimate of drug-likeness (QED) is 0.390. The highest BCUT2D eigenvalue weighted by atomic mass is 16.6. The first-order valence-corrected chi connectivity index (χ1v) is 6.56. The monoisotopic (exact) mass is 280 g/mol. The fourth-order valence-electron chi connectivity index (χ4n) is 1.72. The number of carbonyl (C=O) groups excluding carboxylic acids is 2. The predicted octanol–water partition coefficient (Wildman–Crippen LogP) is 1.05. The molecule has 0 saturated carbocycles. The van der Waals surface area contributed by atoms with Crippen LogP contribution in [-0.2, 0) is 16.1 Å². The standard InChI is InChI=1S/C14H20N2O4/c15-8-3-1-2-7-12(17)20-14(19)11-6-4-5-10(9-16)13(11)18/h4-6,18H,1-3,7-9,15-16H2. The molecule has 0 bridgehead atoms. The lowest BCUT2D eigenvalue weighted by atomic mass is 10.1. The van der Waals surface area contributed by atoms with Gasteiger partial charge in [0, 0.05) is 18.5 Å². The van der Waals surface area contributed by atoms with Crippen LogP contribution in [-0.4, -0.2) is 23.6 Å². The third kappa shape index (κ3) is 4.64. The average molecular weight is 280 g/mol. The highest BCUT2D eigenvalue weighted by molar-refractivity contribution is 5.99. The Bertz CT molecular complexity index is 474. The van der Waals surface area contributed by atoms with Crippen LogP contribution < -0.4 is 11.5 Å². The van der Waals surface area contributed by atoms with Crippen LogP contribution in [0.4, 0.5) is 0 Å². The minimum absolute atomic E-state index is 0.0525. The highest BCUT2D eigenvalue weighted by Gasteiger charge is 2.18. The van der Waals surface area contributed by atoms with E-state index in [0.717, 1.165) is 12.8 Å². The number of hydrogen-bond acceptors (Lipinski definition) is 6. The van der Waals surface area contributed by atoms with Crippen molar-refractivity contribution < 1.29 is 19.4 Å². The summed E-state index contributed by atoms with van der Waals surface area (Å²) in [6.45, 7) is 0.674. The summed E-state index contributed by atoms with van der Waals surface area (Å²) < 4.78 is 4.69. The van der Waals surface area contributed by atoms with Crippen LogP contribution in [0.25, 0.3) is 0 Å². The zero-order chi connectivity index (χ0) is 15.0. The summed E-state index contributed by atoms with van der Waals surface area (Å²) in [5, 5.41) is 9.81. The van der Waals surface area contributed by atoms with Gasteiger partial charge in [-0.15, -0.1) is 0 Å². The average Bonchev–Trinajstić information content (AvgIpc) is 2.43. The fourth-order valence-corrected chi connectivity index (χ4v) is 1.72. The van der Waals surface area contributed by atoms with Crippen molar-refractivity contribution in [1.82, 2.24) is 0 Å². The lowest BCUT2D eigenvalue weighted by molar-refractivity contribution is -0.138. The number of unbranched alkanes of at least 4 members (excludes halogenated alkanes) is 2. The van der Waals surface area contributed by atoms with Crippen molar-refractivity contribution >= 4 is 11.9 Å². The van der Waals surface area contributed by atoms with Gasteiger partial charge in [-0.05, 0) is 25.5 Å². The van der Waals surface area contributed by atoms with E-state index in [-0.39, 0.29) is 24.3 Å². The first kappa shape index (κ1) is 16.1. The van der Waals surface area contributed by atoms with E-state index in [4.69, 9.17) is 11.5 Å². The van der Waals surface area contributed by atoms with Gasteiger partial charge in [-0.3, -0.25) is 4.79 Å². The van der Waals surface area contributed by atoms with Crippen LogP contribution in [0.5, 0.6) is 5.75 Å². The molecule has 0 aliphatic carbocycles. The second-order valence-corrected chi connectivity index (χ2v) is 4.38. The Labute approximate surface area is 117 Å². The van der Waals surface area contributed by atoms with Crippen molar-refractivity contribution in [3.05, 3.63) is 29.3 Å². The van der Waals surface area contributed by atoms with Crippen LogP contribution in [0.15, 0.2) is 18.2 Å². The molecule has 0 amide bonds. The summed E-state index contributed by atoms with van der Waals surface area (Å²) in [6, 6.07) is 4.56. The topological polar surface area (TPSA) is 116 Å². The molecule has 5 N–H and O–H groups in total. The van der Waals surface area contributed by atoms with Crippen molar-refractivity contribution in [3.63, 3.8) is 0 Å². The molecule has 6 nitrogen and oxygen atoms in total. The van der Waals surface area contributed by atoms with E-state index in [9.17, 15) is 14.7 Å². The first-order valence-electron chi connectivity index (χ1n) is 6.56. The number of ether oxygens (including phenoxy) is 1. The maximum absolute atomic E-state index is 11.8. The third-order valence-electron chi connectivity index (χ3n) is 2.85. The Morgan fingerprint density at radius 3 is 2.55 bits per heavy atom. The van der Waals surface area contributed by atoms with Crippen molar-refractivity contribution in [1.29, 1.82) is 0 Å². The Morgan fingerprint density at radius 2 is 1.90 bits per heavy atom. The summed E-state index contributed by atoms with van der Waals surface area (Å²) in [4.78, 5) is 23.2. The lowest BCUT2D eigenvalue weighted by Crippen LogP contribution is -2.13. The molecule has 0 radical (unpaired) electrons. The van der Waals surface area contributed by atoms with Gasteiger partial charge in [-0.2, -0.15) is 0 Å². The molecule has 1 rings (SSSR count). The molecule has 1 aromatic carbocycles. The summed E-state index contributed by atoms with van der Waals surface area (Å²) in [7, 11) is 0. The van der Waals surface area contributed by atoms with Gasteiger partial charge in [0.1, 0.15) is 11.3 Å². The molecular weight excluding hydrogens is 260 g/mol. The third-order valence-corrected chi connectivity index (χ3v) is 2.85. The molecule has 0 atom stereocenters. The van der Waals surface area contributed by atoms with Crippen molar-refractivity contribution in [2.75, 3.05) is 6.54 Å². The molecule has 20 heavy (non-hydrogen) atoms. The van der Waals surface area contributed by atoms with Crippen LogP contribution >= 0.6 is 0 Å². The Balaban J connectivity index is 2.56. The normalized spacial score (nSPS) is 10.3. The number of esters is 2. The number of nitrogens with two attached hydrogens (primary N) is 2. The van der Waals surface area contributed by atoms with Gasteiger partial charge in [0.25, 0.3) is 0 Å². The van der Waals surface area contributed by atoms with Crippen molar-refractivity contribution in [2.24, 2.45) is 11.5 Å². The zero-order valence-electron chi connectivity index (χ0n) is 11.3. The maximum atomic E-state index is 11.8. The van der Waals surface area contributed by atoms with E-state index < -0.39 is 11.9 Å². The van der Waals surface area contributed by atoms with E-state index in [1.54, 1.807) is 12.1 Å². The van der Waals surface area contributed by atoms with Crippen LogP contribution in [0.2, 0.25) is 0 Å². The second-order valence-electron chi connectivity index (χ2n) is 4.38. The summed E-state index contributed by atoms with van der Waals surface area (Å²) in [6.07, 6.45) is 2.43. The Morgan fingerprint density at radius 1 is 1.15 bits per heavy atom. The highest BCUT2D eigenvalue weighted by Crippen LogP contribution is 2.22. The predicted molar refractivity (Wildman–Crippen MR) is 73.9 cm³/mol. The zero-order valence-corrected chi connectivity index (χ0v) is 11.3. The molecule has 6 heteroatoms. The summed E-state index contributed by atoms with van der Waals surface area (Å²) >= 11 is 0. The van der Waals surface area contributed by atoms with Gasteiger partial charge in [0.15, 0.2) is 0 Å². The molecule has 0 aliphatic rings. The molecule has 0 spiro atoms. The van der Waals surface area contributed by atoms with E-state index >= 15 is 0 Å². The van der Waals surface area contributed by atoms with Gasteiger partial charge in [-0.1, -0.05) is 18.6 Å². The maximum Gasteiger partial charge on any atom is 0.349 e. The molecule has 1 aromatic rings. The number of phenols is 1. The minimum Gasteiger partial charge on any atom is -0.507 e. The van der Waals surface area contributed by atoms with Crippen molar-refractivity contribution in [2.45, 2.75) is 32.2 Å². The number of rotatable bonds is 7. The minimum atomic E-state index is -0.860. The molecule has 0 heterocycles. The largest absolute Gasteiger partial charge is 0.507 e. The van der Waals surface area contributed by atoms with E-state index in [0.29, 0.717) is 18.5 Å². The second kappa shape index (κ2) is 8.29. The summed E-state index contributed by atoms with van der Waals surface area (Å²) in [5.41, 5.74) is 11.1. The first-order chi connectivity index (χ1) is 9.60. The molecule has 0 fully saturated rings. The van der Waals surface area contributed by atoms with Crippen LogP contribution in [0.1, 0.15) is 41.6 Å². The molecule has 0 unspecified atom stereocenters. The molecule has 0 aliphatic heterocycles. The lowest BCUT2D eigenvalue weighted by Gasteiger charge is -2.07.